The van der Waals surface area contributed by atoms with Gasteiger partial charge in [0.1, 0.15) is 5.82 Å². The van der Waals surface area contributed by atoms with E-state index < -0.39 is 0 Å². The van der Waals surface area contributed by atoms with Gasteiger partial charge in [0.05, 0.1) is 6.04 Å². The molecule has 20 heavy (non-hydrogen) atoms. The van der Waals surface area contributed by atoms with Crippen LogP contribution in [0.3, 0.4) is 0 Å². The van der Waals surface area contributed by atoms with Crippen LogP contribution in [0.4, 0.5) is 4.39 Å². The van der Waals surface area contributed by atoms with Crippen molar-refractivity contribution in [1.82, 2.24) is 10.6 Å². The third-order valence-corrected chi connectivity index (χ3v) is 3.96. The molecule has 1 aromatic carbocycles. The maximum Gasteiger partial charge on any atom is 0.237 e. The van der Waals surface area contributed by atoms with Gasteiger partial charge in [-0.15, -0.1) is 0 Å². The van der Waals surface area contributed by atoms with Crippen LogP contribution in [-0.4, -0.2) is 18.0 Å². The third kappa shape index (κ3) is 4.04. The second-order valence-corrected chi connectivity index (χ2v) is 5.65. The monoisotopic (exact) mass is 278 g/mol. The Morgan fingerprint density at radius 2 is 1.80 bits per heavy atom. The topological polar surface area (TPSA) is 41.1 Å². The normalized spacial score (nSPS) is 18.8. The molecule has 2 N–H and O–H groups in total. The average Bonchev–Trinajstić information content (AvgIpc) is 2.92. The molecule has 2 rings (SSSR count). The van der Waals surface area contributed by atoms with Crippen molar-refractivity contribution >= 4 is 5.91 Å². The quantitative estimate of drug-likeness (QED) is 0.869. The van der Waals surface area contributed by atoms with Crippen LogP contribution in [0.2, 0.25) is 0 Å². The van der Waals surface area contributed by atoms with E-state index in [-0.39, 0.29) is 23.8 Å². The van der Waals surface area contributed by atoms with Crippen LogP contribution in [-0.2, 0) is 4.79 Å². The van der Waals surface area contributed by atoms with Crippen LogP contribution in [0, 0.1) is 5.82 Å². The molecule has 2 atom stereocenters. The van der Waals surface area contributed by atoms with Gasteiger partial charge < -0.3 is 5.32 Å². The molecule has 0 bridgehead atoms. The fraction of sp³-hybridized carbons (Fsp3) is 0.562. The van der Waals surface area contributed by atoms with Crippen molar-refractivity contribution in [2.75, 3.05) is 0 Å². The number of amides is 1. The van der Waals surface area contributed by atoms with Gasteiger partial charge in [-0.3, -0.25) is 10.1 Å². The third-order valence-electron chi connectivity index (χ3n) is 3.96. The Bertz CT molecular complexity index is 440. The fourth-order valence-electron chi connectivity index (χ4n) is 2.69. The molecule has 3 nitrogen and oxygen atoms in total. The van der Waals surface area contributed by atoms with Gasteiger partial charge in [-0.25, -0.2) is 4.39 Å². The zero-order chi connectivity index (χ0) is 14.5. The van der Waals surface area contributed by atoms with Crippen molar-refractivity contribution in [2.45, 2.75) is 57.7 Å². The molecule has 0 spiro atoms. The Morgan fingerprint density at radius 3 is 2.40 bits per heavy atom. The highest BCUT2D eigenvalue weighted by atomic mass is 19.1. The Balaban J connectivity index is 1.84. The van der Waals surface area contributed by atoms with Crippen LogP contribution in [0.15, 0.2) is 24.3 Å². The summed E-state index contributed by atoms with van der Waals surface area (Å²) in [7, 11) is 0. The Kier molecular flexibility index (Phi) is 5.12. The first-order valence-corrected chi connectivity index (χ1v) is 7.38. The Hall–Kier alpha value is -1.42. The lowest BCUT2D eigenvalue weighted by atomic mass is 10.1. The summed E-state index contributed by atoms with van der Waals surface area (Å²) in [4.78, 5) is 12.1. The minimum absolute atomic E-state index is 0.0138. The van der Waals surface area contributed by atoms with E-state index in [1.165, 1.54) is 25.0 Å². The van der Waals surface area contributed by atoms with Gasteiger partial charge in [-0.1, -0.05) is 25.0 Å². The van der Waals surface area contributed by atoms with E-state index in [1.54, 1.807) is 12.1 Å². The lowest BCUT2D eigenvalue weighted by molar-refractivity contribution is -0.123. The summed E-state index contributed by atoms with van der Waals surface area (Å²) in [6.07, 6.45) is 4.59. The number of hydrogen-bond acceptors (Lipinski definition) is 2. The summed E-state index contributed by atoms with van der Waals surface area (Å²) in [6.45, 7) is 3.84. The fourth-order valence-corrected chi connectivity index (χ4v) is 2.69. The van der Waals surface area contributed by atoms with Crippen molar-refractivity contribution in [3.63, 3.8) is 0 Å². The maximum absolute atomic E-state index is 12.9. The van der Waals surface area contributed by atoms with Gasteiger partial charge in [0, 0.05) is 12.1 Å². The number of carbonyl (C=O) groups excluding carboxylic acids is 1. The average molecular weight is 278 g/mol. The summed E-state index contributed by atoms with van der Waals surface area (Å²) in [6, 6.07) is 6.47. The zero-order valence-electron chi connectivity index (χ0n) is 12.2. The molecule has 4 heteroatoms. The smallest absolute Gasteiger partial charge is 0.237 e. The van der Waals surface area contributed by atoms with Crippen molar-refractivity contribution < 1.29 is 9.18 Å². The summed E-state index contributed by atoms with van der Waals surface area (Å²) >= 11 is 0. The van der Waals surface area contributed by atoms with E-state index >= 15 is 0 Å². The van der Waals surface area contributed by atoms with Crippen molar-refractivity contribution in [3.8, 4) is 0 Å². The van der Waals surface area contributed by atoms with Gasteiger partial charge in [-0.05, 0) is 44.4 Å². The number of hydrogen-bond donors (Lipinski definition) is 2. The molecular formula is C16H23FN2O. The first-order chi connectivity index (χ1) is 9.56. The molecule has 0 aliphatic heterocycles. The predicted molar refractivity (Wildman–Crippen MR) is 77.8 cm³/mol. The summed E-state index contributed by atoms with van der Waals surface area (Å²) in [5.41, 5.74) is 0.979. The summed E-state index contributed by atoms with van der Waals surface area (Å²) < 4.78 is 12.9. The molecule has 110 valence electrons. The van der Waals surface area contributed by atoms with E-state index in [2.05, 4.69) is 10.6 Å². The van der Waals surface area contributed by atoms with Crippen LogP contribution >= 0.6 is 0 Å². The van der Waals surface area contributed by atoms with Gasteiger partial charge >= 0.3 is 0 Å². The molecule has 1 aromatic rings. The van der Waals surface area contributed by atoms with Gasteiger partial charge in [-0.2, -0.15) is 0 Å². The molecule has 0 aromatic heterocycles. The van der Waals surface area contributed by atoms with Crippen LogP contribution in [0.25, 0.3) is 0 Å². The van der Waals surface area contributed by atoms with Gasteiger partial charge in [0.25, 0.3) is 0 Å². The van der Waals surface area contributed by atoms with Crippen LogP contribution in [0.5, 0.6) is 0 Å². The minimum Gasteiger partial charge on any atom is -0.352 e. The molecule has 1 amide bonds. The van der Waals surface area contributed by atoms with Gasteiger partial charge in [0.2, 0.25) is 5.91 Å². The van der Waals surface area contributed by atoms with E-state index in [0.29, 0.717) is 6.04 Å². The minimum atomic E-state index is -0.254. The van der Waals surface area contributed by atoms with Crippen molar-refractivity contribution in [3.05, 3.63) is 35.6 Å². The van der Waals surface area contributed by atoms with Crippen LogP contribution < -0.4 is 10.6 Å². The zero-order valence-corrected chi connectivity index (χ0v) is 12.2. The molecule has 1 fully saturated rings. The van der Waals surface area contributed by atoms with E-state index in [1.807, 2.05) is 13.8 Å². The molecule has 1 saturated carbocycles. The standard InChI is InChI=1S/C16H23FN2O/c1-11(13-7-9-14(17)10-8-13)18-12(2)16(20)19-15-5-3-4-6-15/h7-12,15,18H,3-6H2,1-2H3,(H,19,20). The molecular weight excluding hydrogens is 255 g/mol. The highest BCUT2D eigenvalue weighted by Crippen LogP contribution is 2.18. The Morgan fingerprint density at radius 1 is 1.20 bits per heavy atom. The first-order valence-electron chi connectivity index (χ1n) is 7.38. The highest BCUT2D eigenvalue weighted by molar-refractivity contribution is 5.81. The summed E-state index contributed by atoms with van der Waals surface area (Å²) in [5.74, 6) is -0.196. The number of halogens is 1. The highest BCUT2D eigenvalue weighted by Gasteiger charge is 2.21. The predicted octanol–water partition coefficient (Wildman–Crippen LogP) is 2.92. The first kappa shape index (κ1) is 15.0. The van der Waals surface area contributed by atoms with Crippen molar-refractivity contribution in [2.24, 2.45) is 0 Å². The SMILES string of the molecule is CC(NC(C)c1ccc(F)cc1)C(=O)NC1CCCC1. The largest absolute Gasteiger partial charge is 0.352 e. The molecule has 1 aliphatic carbocycles. The molecule has 0 heterocycles. The molecule has 0 saturated heterocycles. The Labute approximate surface area is 120 Å². The maximum atomic E-state index is 12.9. The summed E-state index contributed by atoms with van der Waals surface area (Å²) in [5, 5.41) is 6.34. The number of benzene rings is 1. The number of rotatable bonds is 5. The lowest BCUT2D eigenvalue weighted by Gasteiger charge is -2.22. The van der Waals surface area contributed by atoms with Crippen LogP contribution in [0.1, 0.15) is 51.1 Å². The van der Waals surface area contributed by atoms with E-state index in [0.717, 1.165) is 18.4 Å². The van der Waals surface area contributed by atoms with E-state index in [4.69, 9.17) is 0 Å². The molecule has 0 radical (unpaired) electrons. The second-order valence-electron chi connectivity index (χ2n) is 5.65. The van der Waals surface area contributed by atoms with E-state index in [9.17, 15) is 9.18 Å². The number of nitrogens with one attached hydrogen (secondary N) is 2. The molecule has 1 aliphatic rings. The van der Waals surface area contributed by atoms with Crippen molar-refractivity contribution in [1.29, 1.82) is 0 Å². The van der Waals surface area contributed by atoms with Gasteiger partial charge in [0.15, 0.2) is 0 Å². The molecule has 2 unspecified atom stereocenters. The lowest BCUT2D eigenvalue weighted by Crippen LogP contribution is -2.46. The number of carbonyl (C=O) groups is 1. The second kappa shape index (κ2) is 6.84.